The fourth-order valence-corrected chi connectivity index (χ4v) is 1.21. The third-order valence-corrected chi connectivity index (χ3v) is 1.95. The number of nitrogens with zero attached hydrogens (tertiary/aromatic N) is 1. The smallest absolute Gasteiger partial charge is 0.337 e. The van der Waals surface area contributed by atoms with Gasteiger partial charge in [-0.3, -0.25) is 10.1 Å². The average Bonchev–Trinajstić information content (AvgIpc) is 2.16. The molecule has 0 aromatic heterocycles. The molecule has 0 spiro atoms. The summed E-state index contributed by atoms with van der Waals surface area (Å²) < 4.78 is 0. The molecular weight excluding hydrogens is 226 g/mol. The Labute approximate surface area is 88.9 Å². The van der Waals surface area contributed by atoms with E-state index >= 15 is 0 Å². The van der Waals surface area contributed by atoms with Crippen LogP contribution in [0.5, 0.6) is 0 Å². The molecule has 0 saturated heterocycles. The maximum absolute atomic E-state index is 10.5. The van der Waals surface area contributed by atoms with Gasteiger partial charge in [0.2, 0.25) is 0 Å². The van der Waals surface area contributed by atoms with E-state index < -0.39 is 22.7 Å². The van der Waals surface area contributed by atoms with Crippen LogP contribution in [0, 0.1) is 10.1 Å². The van der Waals surface area contributed by atoms with Crippen molar-refractivity contribution in [3.05, 3.63) is 38.9 Å². The van der Waals surface area contributed by atoms with Crippen molar-refractivity contribution in [1.82, 2.24) is 0 Å². The van der Waals surface area contributed by atoms with Gasteiger partial charge in [0, 0.05) is 11.1 Å². The highest BCUT2D eigenvalue weighted by Crippen LogP contribution is 2.28. The number of rotatable bonds is 3. The number of carbonyl (C=O) groups is 1. The lowest BCUT2D eigenvalue weighted by Gasteiger charge is -2.06. The molecule has 0 aliphatic carbocycles. The molecular formula is C8H6ClNO5. The minimum Gasteiger partial charge on any atom is -0.479 e. The number of benzene rings is 1. The van der Waals surface area contributed by atoms with Gasteiger partial charge in [-0.25, -0.2) is 4.79 Å². The summed E-state index contributed by atoms with van der Waals surface area (Å²) in [6.07, 6.45) is -1.93. The molecule has 0 aliphatic heterocycles. The molecule has 1 aromatic rings. The zero-order chi connectivity index (χ0) is 11.6. The number of carboxylic acid groups (broad SMARTS) is 1. The van der Waals surface area contributed by atoms with Crippen LogP contribution in [-0.4, -0.2) is 21.1 Å². The Morgan fingerprint density at radius 3 is 2.60 bits per heavy atom. The van der Waals surface area contributed by atoms with Gasteiger partial charge in [-0.05, 0) is 12.1 Å². The van der Waals surface area contributed by atoms with E-state index in [9.17, 15) is 20.0 Å². The van der Waals surface area contributed by atoms with Crippen LogP contribution in [0.15, 0.2) is 18.2 Å². The van der Waals surface area contributed by atoms with Crippen molar-refractivity contribution >= 4 is 23.3 Å². The van der Waals surface area contributed by atoms with Gasteiger partial charge >= 0.3 is 5.97 Å². The van der Waals surface area contributed by atoms with Crippen molar-refractivity contribution in [2.24, 2.45) is 0 Å². The van der Waals surface area contributed by atoms with Crippen LogP contribution in [0.25, 0.3) is 0 Å². The molecule has 80 valence electrons. The number of aliphatic carboxylic acids is 1. The number of nitro groups is 1. The number of nitro benzene ring substituents is 1. The molecule has 0 saturated carbocycles. The molecule has 2 N–H and O–H groups in total. The normalized spacial score (nSPS) is 12.1. The average molecular weight is 232 g/mol. The summed E-state index contributed by atoms with van der Waals surface area (Å²) in [6, 6.07) is 3.37. The maximum atomic E-state index is 10.5. The van der Waals surface area contributed by atoms with Gasteiger partial charge in [-0.2, -0.15) is 0 Å². The zero-order valence-electron chi connectivity index (χ0n) is 7.25. The molecule has 6 nitrogen and oxygen atoms in total. The summed E-state index contributed by atoms with van der Waals surface area (Å²) in [7, 11) is 0. The molecule has 7 heteroatoms. The van der Waals surface area contributed by atoms with Gasteiger partial charge in [0.1, 0.15) is 0 Å². The molecule has 1 aromatic carbocycles. The molecule has 1 atom stereocenters. The number of aliphatic hydroxyl groups excluding tert-OH is 1. The molecule has 1 rings (SSSR count). The van der Waals surface area contributed by atoms with E-state index in [0.717, 1.165) is 12.1 Å². The lowest BCUT2D eigenvalue weighted by atomic mass is 10.1. The second-order valence-corrected chi connectivity index (χ2v) is 3.14. The molecule has 0 radical (unpaired) electrons. The molecule has 0 fully saturated rings. The summed E-state index contributed by atoms with van der Waals surface area (Å²) in [5.74, 6) is -1.56. The van der Waals surface area contributed by atoms with Crippen LogP contribution < -0.4 is 0 Å². The first-order chi connectivity index (χ1) is 6.93. The molecule has 0 aliphatic rings. The molecule has 0 amide bonds. The van der Waals surface area contributed by atoms with Crippen molar-refractivity contribution in [2.75, 3.05) is 0 Å². The topological polar surface area (TPSA) is 101 Å². The first kappa shape index (κ1) is 11.4. The van der Waals surface area contributed by atoms with Crippen molar-refractivity contribution in [1.29, 1.82) is 0 Å². The van der Waals surface area contributed by atoms with Gasteiger partial charge in [-0.1, -0.05) is 11.6 Å². The van der Waals surface area contributed by atoms with Crippen LogP contribution in [0.4, 0.5) is 5.69 Å². The van der Waals surface area contributed by atoms with Crippen molar-refractivity contribution in [2.45, 2.75) is 6.10 Å². The predicted octanol–water partition coefficient (Wildman–Crippen LogP) is 1.37. The first-order valence-electron chi connectivity index (χ1n) is 3.78. The fraction of sp³-hybridized carbons (Fsp3) is 0.125. The van der Waals surface area contributed by atoms with Crippen molar-refractivity contribution in [3.8, 4) is 0 Å². The van der Waals surface area contributed by atoms with E-state index in [0.29, 0.717) is 0 Å². The minimum atomic E-state index is -1.93. The summed E-state index contributed by atoms with van der Waals surface area (Å²) in [4.78, 5) is 20.2. The Balaban J connectivity index is 3.28. The summed E-state index contributed by atoms with van der Waals surface area (Å²) in [6.45, 7) is 0. The number of hydrogen-bond donors (Lipinski definition) is 2. The Morgan fingerprint density at radius 2 is 2.13 bits per heavy atom. The predicted molar refractivity (Wildman–Crippen MR) is 50.7 cm³/mol. The fourth-order valence-electron chi connectivity index (χ4n) is 1.04. The van der Waals surface area contributed by atoms with Gasteiger partial charge in [0.05, 0.1) is 10.5 Å². The van der Waals surface area contributed by atoms with Gasteiger partial charge in [0.15, 0.2) is 6.10 Å². The van der Waals surface area contributed by atoms with Crippen LogP contribution >= 0.6 is 11.6 Å². The highest BCUT2D eigenvalue weighted by Gasteiger charge is 2.25. The van der Waals surface area contributed by atoms with E-state index in [-0.39, 0.29) is 10.6 Å². The highest BCUT2D eigenvalue weighted by atomic mass is 35.5. The summed E-state index contributed by atoms with van der Waals surface area (Å²) in [5, 5.41) is 28.3. The van der Waals surface area contributed by atoms with Crippen LogP contribution in [-0.2, 0) is 4.79 Å². The SMILES string of the molecule is O=C(O)[C@H](O)c1ccc(Cl)cc1[N+](=O)[O-]. The van der Waals surface area contributed by atoms with Crippen LogP contribution in [0.1, 0.15) is 11.7 Å². The number of aliphatic hydroxyl groups is 1. The Bertz CT molecular complexity index is 419. The summed E-state index contributed by atoms with van der Waals surface area (Å²) in [5.41, 5.74) is -0.811. The Kier molecular flexibility index (Phi) is 3.23. The van der Waals surface area contributed by atoms with Gasteiger partial charge < -0.3 is 10.2 Å². The van der Waals surface area contributed by atoms with Crippen LogP contribution in [0.3, 0.4) is 0 Å². The number of halogens is 1. The van der Waals surface area contributed by atoms with Crippen molar-refractivity contribution in [3.63, 3.8) is 0 Å². The van der Waals surface area contributed by atoms with E-state index in [1.807, 2.05) is 0 Å². The number of hydrogen-bond acceptors (Lipinski definition) is 4. The largest absolute Gasteiger partial charge is 0.479 e. The van der Waals surface area contributed by atoms with Gasteiger partial charge in [0.25, 0.3) is 5.69 Å². The zero-order valence-corrected chi connectivity index (χ0v) is 8.01. The second kappa shape index (κ2) is 4.24. The standard InChI is InChI=1S/C8H6ClNO5/c9-4-1-2-5(7(11)8(12)13)6(3-4)10(14)15/h1-3,7,11H,(H,12,13)/t7-/m1/s1. The first-order valence-corrected chi connectivity index (χ1v) is 4.16. The van der Waals surface area contributed by atoms with Gasteiger partial charge in [-0.15, -0.1) is 0 Å². The highest BCUT2D eigenvalue weighted by molar-refractivity contribution is 6.30. The monoisotopic (exact) mass is 231 g/mol. The summed E-state index contributed by atoms with van der Waals surface area (Å²) >= 11 is 5.51. The quantitative estimate of drug-likeness (QED) is 0.604. The lowest BCUT2D eigenvalue weighted by Crippen LogP contribution is -2.12. The lowest BCUT2D eigenvalue weighted by molar-refractivity contribution is -0.386. The Hall–Kier alpha value is -1.66. The third-order valence-electron chi connectivity index (χ3n) is 1.72. The van der Waals surface area contributed by atoms with Crippen molar-refractivity contribution < 1.29 is 19.9 Å². The Morgan fingerprint density at radius 1 is 1.53 bits per heavy atom. The van der Waals surface area contributed by atoms with E-state index in [4.69, 9.17) is 16.7 Å². The van der Waals surface area contributed by atoms with E-state index in [1.54, 1.807) is 0 Å². The van der Waals surface area contributed by atoms with E-state index in [1.165, 1.54) is 6.07 Å². The molecule has 0 bridgehead atoms. The minimum absolute atomic E-state index is 0.100. The number of carboxylic acids is 1. The van der Waals surface area contributed by atoms with Crippen LogP contribution in [0.2, 0.25) is 5.02 Å². The second-order valence-electron chi connectivity index (χ2n) is 2.70. The molecule has 15 heavy (non-hydrogen) atoms. The van der Waals surface area contributed by atoms with E-state index in [2.05, 4.69) is 0 Å². The molecule has 0 heterocycles. The third kappa shape index (κ3) is 2.42. The molecule has 0 unspecified atom stereocenters. The maximum Gasteiger partial charge on any atom is 0.337 e.